The van der Waals surface area contributed by atoms with Crippen molar-refractivity contribution < 1.29 is 4.74 Å². The smallest absolute Gasteiger partial charge is 0.236 e. The molecule has 0 aliphatic carbocycles. The third-order valence-electron chi connectivity index (χ3n) is 1.44. The van der Waals surface area contributed by atoms with Crippen molar-refractivity contribution in [2.45, 2.75) is 5.75 Å². The number of nitrogens with zero attached hydrogens (tertiary/aromatic N) is 1. The lowest BCUT2D eigenvalue weighted by molar-refractivity contribution is 0.400. The molecule has 66 valence electrons. The van der Waals surface area contributed by atoms with Crippen LogP contribution in [0.25, 0.3) is 0 Å². The topological polar surface area (TPSA) is 48.1 Å². The van der Waals surface area contributed by atoms with Gasteiger partial charge in [-0.3, -0.25) is 0 Å². The van der Waals surface area contributed by atoms with Gasteiger partial charge in [0.25, 0.3) is 0 Å². The molecule has 3 nitrogen and oxygen atoms in total. The van der Waals surface area contributed by atoms with Crippen molar-refractivity contribution in [3.63, 3.8) is 0 Å². The fourth-order valence-electron chi connectivity index (χ4n) is 0.931. The van der Waals surface area contributed by atoms with Gasteiger partial charge in [-0.1, -0.05) is 0 Å². The van der Waals surface area contributed by atoms with E-state index in [4.69, 9.17) is 10.5 Å². The molecular weight excluding hydrogens is 172 g/mol. The minimum absolute atomic E-state index is 0.500. The van der Waals surface area contributed by atoms with Gasteiger partial charge in [-0.2, -0.15) is 11.8 Å². The van der Waals surface area contributed by atoms with E-state index in [9.17, 15) is 0 Å². The van der Waals surface area contributed by atoms with Crippen LogP contribution in [0.5, 0.6) is 5.88 Å². The van der Waals surface area contributed by atoms with Gasteiger partial charge in [0.05, 0.1) is 12.8 Å². The number of nitrogens with two attached hydrogens (primary N) is 1. The van der Waals surface area contributed by atoms with Gasteiger partial charge in [0.15, 0.2) is 0 Å². The summed E-state index contributed by atoms with van der Waals surface area (Å²) in [4.78, 5) is 4.05. The van der Waals surface area contributed by atoms with Gasteiger partial charge in [-0.05, 0) is 17.9 Å². The first kappa shape index (κ1) is 9.19. The minimum Gasteiger partial charge on any atom is -0.480 e. The van der Waals surface area contributed by atoms with Crippen LogP contribution in [-0.4, -0.2) is 18.3 Å². The van der Waals surface area contributed by atoms with Gasteiger partial charge < -0.3 is 10.5 Å². The first-order valence-corrected chi connectivity index (χ1v) is 4.94. The predicted octanol–water partition coefficient (Wildman–Crippen LogP) is 1.54. The van der Waals surface area contributed by atoms with Gasteiger partial charge >= 0.3 is 0 Å². The molecule has 0 spiro atoms. The van der Waals surface area contributed by atoms with Crippen LogP contribution in [0, 0.1) is 0 Å². The molecule has 0 aliphatic rings. The lowest BCUT2D eigenvalue weighted by atomic mass is 10.3. The second kappa shape index (κ2) is 4.21. The van der Waals surface area contributed by atoms with Gasteiger partial charge in [-0.25, -0.2) is 4.98 Å². The van der Waals surface area contributed by atoms with Crippen molar-refractivity contribution in [1.82, 2.24) is 4.98 Å². The van der Waals surface area contributed by atoms with Crippen molar-refractivity contribution in [1.29, 1.82) is 0 Å². The molecule has 0 fully saturated rings. The zero-order valence-electron chi connectivity index (χ0n) is 7.20. The molecule has 0 atom stereocenters. The SMILES string of the molecule is COc1ncc(CSC)cc1N. The van der Waals surface area contributed by atoms with Gasteiger partial charge in [0.1, 0.15) is 0 Å². The molecule has 0 aromatic carbocycles. The maximum Gasteiger partial charge on any atom is 0.236 e. The first-order chi connectivity index (χ1) is 5.77. The Morgan fingerprint density at radius 3 is 2.92 bits per heavy atom. The number of hydrogen-bond acceptors (Lipinski definition) is 4. The van der Waals surface area contributed by atoms with Crippen LogP contribution < -0.4 is 10.5 Å². The van der Waals surface area contributed by atoms with E-state index in [1.54, 1.807) is 25.1 Å². The molecule has 1 aromatic heterocycles. The third-order valence-corrected chi connectivity index (χ3v) is 2.06. The van der Waals surface area contributed by atoms with E-state index in [1.165, 1.54) is 0 Å². The van der Waals surface area contributed by atoms with Crippen LogP contribution in [0.1, 0.15) is 5.56 Å². The Balaban J connectivity index is 2.86. The number of rotatable bonds is 3. The first-order valence-electron chi connectivity index (χ1n) is 3.55. The normalized spacial score (nSPS) is 9.83. The Morgan fingerprint density at radius 2 is 2.42 bits per heavy atom. The van der Waals surface area contributed by atoms with Crippen LogP contribution in [0.3, 0.4) is 0 Å². The van der Waals surface area contributed by atoms with E-state index in [0.29, 0.717) is 11.6 Å². The Labute approximate surface area is 76.3 Å². The van der Waals surface area contributed by atoms with Gasteiger partial charge in [0, 0.05) is 11.9 Å². The van der Waals surface area contributed by atoms with E-state index in [1.807, 2.05) is 12.3 Å². The van der Waals surface area contributed by atoms with E-state index in [2.05, 4.69) is 4.98 Å². The summed E-state index contributed by atoms with van der Waals surface area (Å²) in [6.45, 7) is 0. The molecule has 12 heavy (non-hydrogen) atoms. The molecule has 0 saturated carbocycles. The number of hydrogen-bond donors (Lipinski definition) is 1. The van der Waals surface area contributed by atoms with Crippen LogP contribution in [0.15, 0.2) is 12.3 Å². The molecule has 0 amide bonds. The summed E-state index contributed by atoms with van der Waals surface area (Å²) in [6.07, 6.45) is 3.83. The molecule has 0 radical (unpaired) electrons. The summed E-state index contributed by atoms with van der Waals surface area (Å²) in [6, 6.07) is 1.89. The number of methoxy groups -OCH3 is 1. The average molecular weight is 184 g/mol. The monoisotopic (exact) mass is 184 g/mol. The molecule has 2 N–H and O–H groups in total. The number of pyridine rings is 1. The summed E-state index contributed by atoms with van der Waals surface area (Å²) >= 11 is 1.74. The quantitative estimate of drug-likeness (QED) is 0.774. The standard InChI is InChI=1S/C8H12N2OS/c1-11-8-7(9)3-6(4-10-8)5-12-2/h3-4H,5,9H2,1-2H3. The predicted molar refractivity (Wildman–Crippen MR) is 52.4 cm³/mol. The fourth-order valence-corrected chi connectivity index (χ4v) is 1.42. The van der Waals surface area contributed by atoms with E-state index >= 15 is 0 Å². The van der Waals surface area contributed by atoms with Crippen LogP contribution in [-0.2, 0) is 5.75 Å². The second-order valence-corrected chi connectivity index (χ2v) is 3.24. The maximum absolute atomic E-state index is 5.67. The maximum atomic E-state index is 5.67. The molecule has 0 saturated heterocycles. The number of thioether (sulfide) groups is 1. The Bertz CT molecular complexity index is 265. The average Bonchev–Trinajstić information content (AvgIpc) is 2.05. The Morgan fingerprint density at radius 1 is 1.67 bits per heavy atom. The number of anilines is 1. The van der Waals surface area contributed by atoms with Crippen LogP contribution >= 0.6 is 11.8 Å². The highest BCUT2D eigenvalue weighted by molar-refractivity contribution is 7.97. The lowest BCUT2D eigenvalue weighted by Crippen LogP contribution is -1.96. The highest BCUT2D eigenvalue weighted by atomic mass is 32.2. The molecule has 1 rings (SSSR count). The zero-order valence-corrected chi connectivity index (χ0v) is 8.02. The molecule has 1 aromatic rings. The lowest BCUT2D eigenvalue weighted by Gasteiger charge is -2.04. The summed E-state index contributed by atoms with van der Waals surface area (Å²) in [7, 11) is 1.56. The van der Waals surface area contributed by atoms with Crippen LogP contribution in [0.4, 0.5) is 5.69 Å². The Hall–Kier alpha value is -0.900. The van der Waals surface area contributed by atoms with Crippen LogP contribution in [0.2, 0.25) is 0 Å². The van der Waals surface area contributed by atoms with E-state index < -0.39 is 0 Å². The third kappa shape index (κ3) is 2.04. The largest absolute Gasteiger partial charge is 0.480 e. The summed E-state index contributed by atoms with van der Waals surface area (Å²) in [5, 5.41) is 0. The summed E-state index contributed by atoms with van der Waals surface area (Å²) in [5.41, 5.74) is 7.39. The van der Waals surface area contributed by atoms with Gasteiger partial charge in [-0.15, -0.1) is 0 Å². The van der Waals surface area contributed by atoms with Crippen molar-refractivity contribution in [2.24, 2.45) is 0 Å². The number of nitrogen functional groups attached to an aromatic ring is 1. The molecule has 0 unspecified atom stereocenters. The summed E-state index contributed by atoms with van der Waals surface area (Å²) in [5.74, 6) is 1.43. The van der Waals surface area contributed by atoms with Crippen molar-refractivity contribution in [3.05, 3.63) is 17.8 Å². The van der Waals surface area contributed by atoms with Crippen molar-refractivity contribution in [2.75, 3.05) is 19.1 Å². The number of aromatic nitrogens is 1. The fraction of sp³-hybridized carbons (Fsp3) is 0.375. The second-order valence-electron chi connectivity index (χ2n) is 2.38. The van der Waals surface area contributed by atoms with Gasteiger partial charge in [0.2, 0.25) is 5.88 Å². The van der Waals surface area contributed by atoms with E-state index in [-0.39, 0.29) is 0 Å². The molecule has 1 heterocycles. The number of ether oxygens (including phenoxy) is 1. The molecule has 4 heteroatoms. The van der Waals surface area contributed by atoms with E-state index in [0.717, 1.165) is 11.3 Å². The Kier molecular flexibility index (Phi) is 3.22. The minimum atomic E-state index is 0.500. The zero-order chi connectivity index (χ0) is 8.97. The highest BCUT2D eigenvalue weighted by Gasteiger charge is 2.00. The highest BCUT2D eigenvalue weighted by Crippen LogP contribution is 2.20. The molecular formula is C8H12N2OS. The van der Waals surface area contributed by atoms with Crippen molar-refractivity contribution in [3.8, 4) is 5.88 Å². The summed E-state index contributed by atoms with van der Waals surface area (Å²) < 4.78 is 4.94. The molecule has 0 bridgehead atoms. The molecule has 0 aliphatic heterocycles. The van der Waals surface area contributed by atoms with Crippen molar-refractivity contribution >= 4 is 17.4 Å².